The van der Waals surface area contributed by atoms with Crippen LogP contribution in [0.4, 0.5) is 0 Å². The summed E-state index contributed by atoms with van der Waals surface area (Å²) in [6.45, 7) is 3.39. The Labute approximate surface area is 119 Å². The fraction of sp³-hybridized carbons (Fsp3) is 0.923. The van der Waals surface area contributed by atoms with Gasteiger partial charge in [0, 0.05) is 19.5 Å². The molecule has 2 fully saturated rings. The molecule has 2 unspecified atom stereocenters. The summed E-state index contributed by atoms with van der Waals surface area (Å²) in [6.07, 6.45) is 3.20. The molecular weight excluding hydrogens is 270 g/mol. The molecule has 2 atom stereocenters. The van der Waals surface area contributed by atoms with Crippen LogP contribution in [0.25, 0.3) is 0 Å². The largest absolute Gasteiger partial charge is 0.370 e. The van der Waals surface area contributed by atoms with Crippen LogP contribution in [-0.2, 0) is 9.53 Å². The van der Waals surface area contributed by atoms with Gasteiger partial charge < -0.3 is 9.64 Å². The number of carbonyl (C=O) groups excluding carboxylic acids is 1. The van der Waals surface area contributed by atoms with Crippen molar-refractivity contribution in [3.8, 4) is 0 Å². The SMILES string of the molecule is CC1CN(C(=O)CC2CCSCC2)CC(CCl)O1. The second-order valence-electron chi connectivity index (χ2n) is 5.28. The van der Waals surface area contributed by atoms with E-state index in [4.69, 9.17) is 16.3 Å². The highest BCUT2D eigenvalue weighted by Crippen LogP contribution is 2.26. The minimum Gasteiger partial charge on any atom is -0.370 e. The first-order chi connectivity index (χ1) is 8.69. The Morgan fingerprint density at radius 2 is 2.11 bits per heavy atom. The summed E-state index contributed by atoms with van der Waals surface area (Å²) in [5.74, 6) is 3.76. The molecule has 1 amide bonds. The molecule has 0 radical (unpaired) electrons. The quantitative estimate of drug-likeness (QED) is 0.748. The van der Waals surface area contributed by atoms with Crippen LogP contribution in [0.1, 0.15) is 26.2 Å². The molecule has 0 aromatic heterocycles. The third kappa shape index (κ3) is 4.04. The molecule has 2 aliphatic rings. The fourth-order valence-corrected chi connectivity index (χ4v) is 4.04. The van der Waals surface area contributed by atoms with Crippen LogP contribution in [0.15, 0.2) is 0 Å². The minimum absolute atomic E-state index is 0.00118. The third-order valence-electron chi connectivity index (χ3n) is 3.66. The lowest BCUT2D eigenvalue weighted by Crippen LogP contribution is -2.50. The lowest BCUT2D eigenvalue weighted by molar-refractivity contribution is -0.144. The zero-order valence-corrected chi connectivity index (χ0v) is 12.5. The number of thioether (sulfide) groups is 1. The van der Waals surface area contributed by atoms with Gasteiger partial charge in [0.15, 0.2) is 0 Å². The van der Waals surface area contributed by atoms with Crippen LogP contribution in [-0.4, -0.2) is 53.5 Å². The fourth-order valence-electron chi connectivity index (χ4n) is 2.66. The van der Waals surface area contributed by atoms with Crippen molar-refractivity contribution in [3.05, 3.63) is 0 Å². The van der Waals surface area contributed by atoms with Crippen molar-refractivity contribution in [2.45, 2.75) is 38.4 Å². The maximum absolute atomic E-state index is 12.3. The lowest BCUT2D eigenvalue weighted by atomic mass is 9.98. The molecule has 3 nitrogen and oxygen atoms in total. The number of nitrogens with zero attached hydrogens (tertiary/aromatic N) is 1. The van der Waals surface area contributed by atoms with Crippen molar-refractivity contribution in [3.63, 3.8) is 0 Å². The Hall–Kier alpha value is 0.0700. The van der Waals surface area contributed by atoms with Crippen molar-refractivity contribution >= 4 is 29.3 Å². The van der Waals surface area contributed by atoms with Gasteiger partial charge in [-0.05, 0) is 37.2 Å². The minimum atomic E-state index is 0.00118. The maximum atomic E-state index is 12.3. The predicted molar refractivity (Wildman–Crippen MR) is 76.3 cm³/mol. The number of alkyl halides is 1. The van der Waals surface area contributed by atoms with Gasteiger partial charge in [0.05, 0.1) is 18.1 Å². The summed E-state index contributed by atoms with van der Waals surface area (Å²) in [5.41, 5.74) is 0. The molecule has 0 spiro atoms. The molecular formula is C13H22ClNO2S. The summed E-state index contributed by atoms with van der Waals surface area (Å²) in [7, 11) is 0. The molecule has 2 saturated heterocycles. The van der Waals surface area contributed by atoms with E-state index in [1.54, 1.807) is 0 Å². The predicted octanol–water partition coefficient (Wildman–Crippen LogP) is 2.37. The van der Waals surface area contributed by atoms with Gasteiger partial charge in [0.2, 0.25) is 5.91 Å². The molecule has 2 heterocycles. The van der Waals surface area contributed by atoms with Gasteiger partial charge in [-0.2, -0.15) is 11.8 Å². The number of hydrogen-bond donors (Lipinski definition) is 0. The van der Waals surface area contributed by atoms with Gasteiger partial charge in [0.25, 0.3) is 0 Å². The van der Waals surface area contributed by atoms with Gasteiger partial charge >= 0.3 is 0 Å². The van der Waals surface area contributed by atoms with Gasteiger partial charge in [-0.1, -0.05) is 0 Å². The molecule has 0 aromatic carbocycles. The van der Waals surface area contributed by atoms with Crippen LogP contribution in [0, 0.1) is 5.92 Å². The molecule has 18 heavy (non-hydrogen) atoms. The van der Waals surface area contributed by atoms with E-state index in [2.05, 4.69) is 0 Å². The molecule has 104 valence electrons. The van der Waals surface area contributed by atoms with E-state index in [1.165, 1.54) is 24.3 Å². The van der Waals surface area contributed by atoms with Crippen LogP contribution < -0.4 is 0 Å². The van der Waals surface area contributed by atoms with Crippen molar-refractivity contribution in [2.75, 3.05) is 30.5 Å². The van der Waals surface area contributed by atoms with E-state index in [0.29, 0.717) is 31.3 Å². The van der Waals surface area contributed by atoms with Crippen LogP contribution >= 0.6 is 23.4 Å². The smallest absolute Gasteiger partial charge is 0.223 e. The third-order valence-corrected chi connectivity index (χ3v) is 5.05. The van der Waals surface area contributed by atoms with E-state index >= 15 is 0 Å². The molecule has 5 heteroatoms. The summed E-state index contributed by atoms with van der Waals surface area (Å²) < 4.78 is 5.68. The zero-order valence-electron chi connectivity index (χ0n) is 10.9. The number of ether oxygens (including phenoxy) is 1. The summed E-state index contributed by atoms with van der Waals surface area (Å²) in [4.78, 5) is 14.2. The Morgan fingerprint density at radius 3 is 2.78 bits per heavy atom. The van der Waals surface area contributed by atoms with E-state index in [9.17, 15) is 4.79 Å². The molecule has 0 aromatic rings. The van der Waals surface area contributed by atoms with Gasteiger partial charge in [0.1, 0.15) is 0 Å². The van der Waals surface area contributed by atoms with E-state index < -0.39 is 0 Å². The van der Waals surface area contributed by atoms with Crippen LogP contribution in [0.5, 0.6) is 0 Å². The first-order valence-electron chi connectivity index (χ1n) is 6.76. The molecule has 0 N–H and O–H groups in total. The molecule has 2 aliphatic heterocycles. The molecule has 0 bridgehead atoms. The summed E-state index contributed by atoms with van der Waals surface area (Å²) in [5, 5.41) is 0. The van der Waals surface area contributed by atoms with E-state index in [0.717, 1.165) is 0 Å². The standard InChI is InChI=1S/C13H22ClNO2S/c1-10-8-15(9-12(7-14)17-10)13(16)6-11-2-4-18-5-3-11/h10-12H,2-9H2,1H3. The average molecular weight is 292 g/mol. The number of rotatable bonds is 3. The van der Waals surface area contributed by atoms with Gasteiger partial charge in [-0.15, -0.1) is 11.6 Å². The summed E-state index contributed by atoms with van der Waals surface area (Å²) >= 11 is 7.85. The van der Waals surface area contributed by atoms with Crippen molar-refractivity contribution < 1.29 is 9.53 Å². The average Bonchev–Trinajstić information content (AvgIpc) is 2.39. The van der Waals surface area contributed by atoms with Crippen molar-refractivity contribution in [1.29, 1.82) is 0 Å². The number of hydrogen-bond acceptors (Lipinski definition) is 3. The Morgan fingerprint density at radius 1 is 1.39 bits per heavy atom. The van der Waals surface area contributed by atoms with Crippen LogP contribution in [0.2, 0.25) is 0 Å². The normalized spacial score (nSPS) is 30.4. The lowest BCUT2D eigenvalue weighted by Gasteiger charge is -2.37. The second-order valence-corrected chi connectivity index (χ2v) is 6.81. The van der Waals surface area contributed by atoms with Crippen molar-refractivity contribution in [1.82, 2.24) is 4.90 Å². The molecule has 0 aliphatic carbocycles. The maximum Gasteiger partial charge on any atom is 0.223 e. The summed E-state index contributed by atoms with van der Waals surface area (Å²) in [6, 6.07) is 0. The number of halogens is 1. The van der Waals surface area contributed by atoms with Crippen LogP contribution in [0.3, 0.4) is 0 Å². The van der Waals surface area contributed by atoms with E-state index in [-0.39, 0.29) is 18.1 Å². The first-order valence-corrected chi connectivity index (χ1v) is 8.45. The monoisotopic (exact) mass is 291 g/mol. The second kappa shape index (κ2) is 7.01. The molecule has 0 saturated carbocycles. The van der Waals surface area contributed by atoms with Gasteiger partial charge in [-0.25, -0.2) is 0 Å². The van der Waals surface area contributed by atoms with Gasteiger partial charge in [-0.3, -0.25) is 4.79 Å². The molecule has 2 rings (SSSR count). The first kappa shape index (κ1) is 14.5. The highest BCUT2D eigenvalue weighted by molar-refractivity contribution is 7.99. The van der Waals surface area contributed by atoms with E-state index in [1.807, 2.05) is 23.6 Å². The Balaban J connectivity index is 1.83. The zero-order chi connectivity index (χ0) is 13.0. The highest BCUT2D eigenvalue weighted by Gasteiger charge is 2.29. The Bertz CT molecular complexity index is 284. The Kier molecular flexibility index (Phi) is 5.64. The highest BCUT2D eigenvalue weighted by atomic mass is 35.5. The van der Waals surface area contributed by atoms with Crippen molar-refractivity contribution in [2.24, 2.45) is 5.92 Å². The number of amides is 1. The number of carbonyl (C=O) groups is 1. The topological polar surface area (TPSA) is 29.5 Å². The number of morpholine rings is 1.